The second kappa shape index (κ2) is 6.68. The lowest BCUT2D eigenvalue weighted by molar-refractivity contribution is 0.536. The van der Waals surface area contributed by atoms with Crippen LogP contribution in [0.2, 0.25) is 0 Å². The van der Waals surface area contributed by atoms with Crippen molar-refractivity contribution in [2.75, 3.05) is 7.05 Å². The molecule has 0 spiro atoms. The lowest BCUT2D eigenvalue weighted by Crippen LogP contribution is -2.21. The number of nitrogens with one attached hydrogen (secondary N) is 1. The van der Waals surface area contributed by atoms with Gasteiger partial charge in [0, 0.05) is 16.3 Å². The average molecular weight is 342 g/mol. The molecule has 3 nitrogen and oxygen atoms in total. The minimum atomic E-state index is 0.203. The summed E-state index contributed by atoms with van der Waals surface area (Å²) < 4.78 is 3.17. The quantitative estimate of drug-likeness (QED) is 0.860. The van der Waals surface area contributed by atoms with Gasteiger partial charge in [-0.2, -0.15) is 5.10 Å². The summed E-state index contributed by atoms with van der Waals surface area (Å²) in [6.45, 7) is 5.32. The SMILES string of the molecule is CCCn1ncc(Br)c1C(NC)c1ccc(CC)s1. The molecule has 0 radical (unpaired) electrons. The number of nitrogens with zero attached hydrogens (tertiary/aromatic N) is 2. The second-order valence-electron chi connectivity index (χ2n) is 4.48. The third-order valence-corrected chi connectivity index (χ3v) is 5.05. The van der Waals surface area contributed by atoms with E-state index in [2.05, 4.69) is 57.0 Å². The number of hydrogen-bond donors (Lipinski definition) is 1. The van der Waals surface area contributed by atoms with Crippen LogP contribution in [0.15, 0.2) is 22.8 Å². The van der Waals surface area contributed by atoms with Crippen molar-refractivity contribution < 1.29 is 0 Å². The fourth-order valence-corrected chi connectivity index (χ4v) is 3.79. The first-order valence-corrected chi connectivity index (χ1v) is 8.29. The number of rotatable bonds is 6. The predicted molar refractivity (Wildman–Crippen MR) is 84.8 cm³/mol. The highest BCUT2D eigenvalue weighted by Gasteiger charge is 2.21. The van der Waals surface area contributed by atoms with Crippen molar-refractivity contribution in [2.24, 2.45) is 0 Å². The summed E-state index contributed by atoms with van der Waals surface area (Å²) in [7, 11) is 2.01. The van der Waals surface area contributed by atoms with Crippen molar-refractivity contribution in [3.05, 3.63) is 38.3 Å². The van der Waals surface area contributed by atoms with Gasteiger partial charge in [-0.3, -0.25) is 4.68 Å². The van der Waals surface area contributed by atoms with Crippen LogP contribution in [-0.2, 0) is 13.0 Å². The molecule has 2 aromatic heterocycles. The maximum Gasteiger partial charge on any atom is 0.0851 e. The van der Waals surface area contributed by atoms with Gasteiger partial charge in [0.25, 0.3) is 0 Å². The third kappa shape index (κ3) is 3.09. The molecule has 0 bridgehead atoms. The number of hydrogen-bond acceptors (Lipinski definition) is 3. The molecule has 19 heavy (non-hydrogen) atoms. The Hall–Kier alpha value is -0.650. The molecule has 2 heterocycles. The van der Waals surface area contributed by atoms with Gasteiger partial charge in [-0.15, -0.1) is 11.3 Å². The highest BCUT2D eigenvalue weighted by molar-refractivity contribution is 9.10. The zero-order valence-corrected chi connectivity index (χ0v) is 14.0. The highest BCUT2D eigenvalue weighted by Crippen LogP contribution is 2.32. The molecule has 0 aliphatic carbocycles. The summed E-state index contributed by atoms with van der Waals surface area (Å²) in [5, 5.41) is 7.88. The fraction of sp³-hybridized carbons (Fsp3) is 0.500. The van der Waals surface area contributed by atoms with Crippen molar-refractivity contribution in [2.45, 2.75) is 39.3 Å². The molecule has 0 fully saturated rings. The highest BCUT2D eigenvalue weighted by atomic mass is 79.9. The Morgan fingerprint density at radius 1 is 1.42 bits per heavy atom. The Balaban J connectivity index is 2.38. The van der Waals surface area contributed by atoms with Crippen LogP contribution in [-0.4, -0.2) is 16.8 Å². The molecule has 1 N–H and O–H groups in total. The van der Waals surface area contributed by atoms with E-state index in [1.807, 2.05) is 24.6 Å². The van der Waals surface area contributed by atoms with Gasteiger partial charge in [-0.05, 0) is 48.0 Å². The molecular formula is C14H20BrN3S. The minimum Gasteiger partial charge on any atom is -0.307 e. The molecule has 0 aromatic carbocycles. The van der Waals surface area contributed by atoms with Gasteiger partial charge >= 0.3 is 0 Å². The Labute approximate surface area is 127 Å². The topological polar surface area (TPSA) is 29.9 Å². The van der Waals surface area contributed by atoms with E-state index >= 15 is 0 Å². The van der Waals surface area contributed by atoms with Gasteiger partial charge < -0.3 is 5.32 Å². The van der Waals surface area contributed by atoms with E-state index in [1.54, 1.807) is 0 Å². The van der Waals surface area contributed by atoms with Gasteiger partial charge in [0.05, 0.1) is 22.4 Å². The number of thiophene rings is 1. The van der Waals surface area contributed by atoms with Crippen LogP contribution in [0, 0.1) is 0 Å². The summed E-state index contributed by atoms with van der Waals surface area (Å²) in [6.07, 6.45) is 4.07. The molecule has 0 amide bonds. The molecule has 104 valence electrons. The molecular weight excluding hydrogens is 322 g/mol. The second-order valence-corrected chi connectivity index (χ2v) is 6.53. The Kier molecular flexibility index (Phi) is 5.19. The fourth-order valence-electron chi connectivity index (χ4n) is 2.20. The number of halogens is 1. The lowest BCUT2D eigenvalue weighted by atomic mass is 10.1. The smallest absolute Gasteiger partial charge is 0.0851 e. The van der Waals surface area contributed by atoms with Gasteiger partial charge in [0.1, 0.15) is 0 Å². The van der Waals surface area contributed by atoms with E-state index in [0.717, 1.165) is 23.9 Å². The summed E-state index contributed by atoms with van der Waals surface area (Å²) in [6, 6.07) is 4.65. The number of aryl methyl sites for hydroxylation is 2. The van der Waals surface area contributed by atoms with Crippen LogP contribution in [0.1, 0.15) is 41.8 Å². The molecule has 0 aliphatic rings. The van der Waals surface area contributed by atoms with Crippen LogP contribution in [0.4, 0.5) is 0 Å². The van der Waals surface area contributed by atoms with Gasteiger partial charge in [-0.1, -0.05) is 13.8 Å². The van der Waals surface area contributed by atoms with Crippen molar-refractivity contribution in [3.63, 3.8) is 0 Å². The zero-order valence-electron chi connectivity index (χ0n) is 11.6. The van der Waals surface area contributed by atoms with Crippen LogP contribution in [0.25, 0.3) is 0 Å². The molecule has 1 atom stereocenters. The maximum absolute atomic E-state index is 4.46. The van der Waals surface area contributed by atoms with Crippen LogP contribution >= 0.6 is 27.3 Å². The summed E-state index contributed by atoms with van der Waals surface area (Å²) in [4.78, 5) is 2.77. The molecule has 2 rings (SSSR count). The largest absolute Gasteiger partial charge is 0.307 e. The van der Waals surface area contributed by atoms with Crippen molar-refractivity contribution in [1.82, 2.24) is 15.1 Å². The molecule has 0 aliphatic heterocycles. The van der Waals surface area contributed by atoms with Crippen molar-refractivity contribution >= 4 is 27.3 Å². The normalized spacial score (nSPS) is 12.8. The van der Waals surface area contributed by atoms with E-state index in [1.165, 1.54) is 15.4 Å². The van der Waals surface area contributed by atoms with Crippen molar-refractivity contribution in [1.29, 1.82) is 0 Å². The van der Waals surface area contributed by atoms with Crippen LogP contribution in [0.5, 0.6) is 0 Å². The molecule has 1 unspecified atom stereocenters. The van der Waals surface area contributed by atoms with E-state index in [4.69, 9.17) is 0 Å². The van der Waals surface area contributed by atoms with Gasteiger partial charge in [0.15, 0.2) is 0 Å². The van der Waals surface area contributed by atoms with E-state index in [0.29, 0.717) is 0 Å². The maximum atomic E-state index is 4.46. The molecule has 5 heteroatoms. The Morgan fingerprint density at radius 2 is 2.21 bits per heavy atom. The van der Waals surface area contributed by atoms with Gasteiger partial charge in [-0.25, -0.2) is 0 Å². The van der Waals surface area contributed by atoms with E-state index < -0.39 is 0 Å². The first-order valence-electron chi connectivity index (χ1n) is 6.68. The van der Waals surface area contributed by atoms with Crippen molar-refractivity contribution in [3.8, 4) is 0 Å². The first-order chi connectivity index (χ1) is 9.21. The van der Waals surface area contributed by atoms with E-state index in [9.17, 15) is 0 Å². The monoisotopic (exact) mass is 341 g/mol. The average Bonchev–Trinajstić information content (AvgIpc) is 3.01. The molecule has 2 aromatic rings. The minimum absolute atomic E-state index is 0.203. The summed E-state index contributed by atoms with van der Waals surface area (Å²) in [5.74, 6) is 0. The Morgan fingerprint density at radius 3 is 2.79 bits per heavy atom. The lowest BCUT2D eigenvalue weighted by Gasteiger charge is -2.17. The van der Waals surface area contributed by atoms with Gasteiger partial charge in [0.2, 0.25) is 0 Å². The zero-order chi connectivity index (χ0) is 13.8. The molecule has 0 saturated heterocycles. The third-order valence-electron chi connectivity index (χ3n) is 3.15. The first kappa shape index (κ1) is 14.8. The predicted octanol–water partition coefficient (Wildman–Crippen LogP) is 3.99. The molecule has 0 saturated carbocycles. The van der Waals surface area contributed by atoms with E-state index in [-0.39, 0.29) is 6.04 Å². The summed E-state index contributed by atoms with van der Waals surface area (Å²) >= 11 is 5.51. The standard InChI is InChI=1S/C14H20BrN3S/c1-4-8-18-14(11(15)9-17-18)13(16-3)12-7-6-10(5-2)19-12/h6-7,9,13,16H,4-5,8H2,1-3H3. The van der Waals surface area contributed by atoms with Crippen LogP contribution < -0.4 is 5.32 Å². The number of aromatic nitrogens is 2. The Bertz CT molecular complexity index is 533. The van der Waals surface area contributed by atoms with Crippen LogP contribution in [0.3, 0.4) is 0 Å². The summed E-state index contributed by atoms with van der Waals surface area (Å²) in [5.41, 5.74) is 1.22.